The van der Waals surface area contributed by atoms with Gasteiger partial charge < -0.3 is 5.32 Å². The van der Waals surface area contributed by atoms with E-state index in [1.165, 1.54) is 10.0 Å². The van der Waals surface area contributed by atoms with Crippen molar-refractivity contribution in [3.63, 3.8) is 0 Å². The number of hydrogen-bond donors (Lipinski definition) is 1. The molecule has 0 fully saturated rings. The molecule has 0 aromatic heterocycles. The highest BCUT2D eigenvalue weighted by Crippen LogP contribution is 2.21. The number of rotatable bonds is 4. The standard InChI is InChI=1S/C14H13Br2N/c15-12-6-2-1-5-11(12)9-10-17-14-8-4-3-7-13(14)16/h1-8,17H,9-10H2. The summed E-state index contributed by atoms with van der Waals surface area (Å²) in [6.45, 7) is 0.922. The Morgan fingerprint density at radius 1 is 0.824 bits per heavy atom. The van der Waals surface area contributed by atoms with E-state index in [0.717, 1.165) is 23.1 Å². The van der Waals surface area contributed by atoms with Crippen LogP contribution in [0.2, 0.25) is 0 Å². The van der Waals surface area contributed by atoms with Gasteiger partial charge in [-0.25, -0.2) is 0 Å². The van der Waals surface area contributed by atoms with Crippen molar-refractivity contribution < 1.29 is 0 Å². The van der Waals surface area contributed by atoms with Crippen LogP contribution < -0.4 is 5.32 Å². The lowest BCUT2D eigenvalue weighted by atomic mass is 10.1. The normalized spacial score (nSPS) is 10.2. The first-order chi connectivity index (χ1) is 8.27. The summed E-state index contributed by atoms with van der Waals surface area (Å²) in [5.74, 6) is 0. The molecule has 0 atom stereocenters. The highest BCUT2D eigenvalue weighted by Gasteiger charge is 2.00. The Hall–Kier alpha value is -0.800. The zero-order valence-electron chi connectivity index (χ0n) is 9.29. The number of anilines is 1. The molecular formula is C14H13Br2N. The maximum atomic E-state index is 3.56. The molecule has 2 rings (SSSR count). The molecule has 0 unspecified atom stereocenters. The lowest BCUT2D eigenvalue weighted by Crippen LogP contribution is -2.05. The van der Waals surface area contributed by atoms with E-state index in [9.17, 15) is 0 Å². The van der Waals surface area contributed by atoms with Gasteiger partial charge in [0.25, 0.3) is 0 Å². The molecule has 2 aromatic rings. The van der Waals surface area contributed by atoms with Crippen molar-refractivity contribution in [3.05, 3.63) is 63.0 Å². The molecule has 17 heavy (non-hydrogen) atoms. The lowest BCUT2D eigenvalue weighted by Gasteiger charge is -2.09. The van der Waals surface area contributed by atoms with Crippen LogP contribution in [0.1, 0.15) is 5.56 Å². The topological polar surface area (TPSA) is 12.0 Å². The van der Waals surface area contributed by atoms with Gasteiger partial charge in [0.2, 0.25) is 0 Å². The summed E-state index contributed by atoms with van der Waals surface area (Å²) in [6.07, 6.45) is 1.00. The minimum Gasteiger partial charge on any atom is -0.384 e. The monoisotopic (exact) mass is 353 g/mol. The fraction of sp³-hybridized carbons (Fsp3) is 0.143. The largest absolute Gasteiger partial charge is 0.384 e. The van der Waals surface area contributed by atoms with Crippen LogP contribution in [0.25, 0.3) is 0 Å². The highest BCUT2D eigenvalue weighted by molar-refractivity contribution is 9.10. The maximum Gasteiger partial charge on any atom is 0.0484 e. The van der Waals surface area contributed by atoms with Gasteiger partial charge in [-0.05, 0) is 46.1 Å². The van der Waals surface area contributed by atoms with Gasteiger partial charge in [0.1, 0.15) is 0 Å². The summed E-state index contributed by atoms with van der Waals surface area (Å²) in [7, 11) is 0. The summed E-state index contributed by atoms with van der Waals surface area (Å²) >= 11 is 7.09. The van der Waals surface area contributed by atoms with E-state index in [1.54, 1.807) is 0 Å². The minimum absolute atomic E-state index is 0.922. The smallest absolute Gasteiger partial charge is 0.0484 e. The molecule has 0 spiro atoms. The van der Waals surface area contributed by atoms with Gasteiger partial charge in [-0.3, -0.25) is 0 Å². The van der Waals surface area contributed by atoms with Crippen molar-refractivity contribution in [3.8, 4) is 0 Å². The minimum atomic E-state index is 0.922. The molecule has 0 saturated carbocycles. The molecule has 0 bridgehead atoms. The van der Waals surface area contributed by atoms with Gasteiger partial charge in [-0.15, -0.1) is 0 Å². The molecular weight excluding hydrogens is 342 g/mol. The van der Waals surface area contributed by atoms with Gasteiger partial charge in [0.05, 0.1) is 0 Å². The van der Waals surface area contributed by atoms with E-state index in [-0.39, 0.29) is 0 Å². The SMILES string of the molecule is Brc1ccccc1CCNc1ccccc1Br. The molecule has 1 N–H and O–H groups in total. The van der Waals surface area contributed by atoms with Gasteiger partial charge in [0.15, 0.2) is 0 Å². The second-order valence-electron chi connectivity index (χ2n) is 3.75. The average Bonchev–Trinajstić information content (AvgIpc) is 2.34. The van der Waals surface area contributed by atoms with Crippen LogP contribution in [0.5, 0.6) is 0 Å². The average molecular weight is 355 g/mol. The van der Waals surface area contributed by atoms with Crippen molar-refractivity contribution in [1.82, 2.24) is 0 Å². The van der Waals surface area contributed by atoms with Crippen LogP contribution in [-0.4, -0.2) is 6.54 Å². The molecule has 0 aliphatic carbocycles. The van der Waals surface area contributed by atoms with Crippen molar-refractivity contribution in [1.29, 1.82) is 0 Å². The predicted molar refractivity (Wildman–Crippen MR) is 80.5 cm³/mol. The van der Waals surface area contributed by atoms with Gasteiger partial charge >= 0.3 is 0 Å². The fourth-order valence-corrected chi connectivity index (χ4v) is 2.55. The third-order valence-corrected chi connectivity index (χ3v) is 4.01. The molecule has 88 valence electrons. The summed E-state index contributed by atoms with van der Waals surface area (Å²) in [5, 5.41) is 3.42. The molecule has 0 heterocycles. The summed E-state index contributed by atoms with van der Waals surface area (Å²) in [5.41, 5.74) is 2.46. The quantitative estimate of drug-likeness (QED) is 0.826. The molecule has 3 heteroatoms. The Morgan fingerprint density at radius 2 is 1.47 bits per heavy atom. The Bertz CT molecular complexity index is 452. The highest BCUT2D eigenvalue weighted by atomic mass is 79.9. The van der Waals surface area contributed by atoms with E-state index in [4.69, 9.17) is 0 Å². The van der Waals surface area contributed by atoms with E-state index >= 15 is 0 Å². The zero-order valence-corrected chi connectivity index (χ0v) is 12.5. The second-order valence-corrected chi connectivity index (χ2v) is 5.46. The molecule has 1 nitrogen and oxygen atoms in total. The Labute approximate surface area is 119 Å². The van der Waals surface area contributed by atoms with E-state index < -0.39 is 0 Å². The number of para-hydroxylation sites is 1. The van der Waals surface area contributed by atoms with E-state index in [0.29, 0.717) is 0 Å². The van der Waals surface area contributed by atoms with E-state index in [2.05, 4.69) is 61.4 Å². The third kappa shape index (κ3) is 3.58. The first kappa shape index (κ1) is 12.7. The molecule has 0 saturated heterocycles. The van der Waals surface area contributed by atoms with Crippen molar-refractivity contribution >= 4 is 37.5 Å². The second kappa shape index (κ2) is 6.22. The van der Waals surface area contributed by atoms with E-state index in [1.807, 2.05) is 24.3 Å². The zero-order chi connectivity index (χ0) is 12.1. The van der Waals surface area contributed by atoms with Crippen LogP contribution in [0.4, 0.5) is 5.69 Å². The van der Waals surface area contributed by atoms with Crippen molar-refractivity contribution in [2.75, 3.05) is 11.9 Å². The van der Waals surface area contributed by atoms with Crippen LogP contribution in [0.15, 0.2) is 57.5 Å². The Balaban J connectivity index is 1.93. The van der Waals surface area contributed by atoms with Crippen molar-refractivity contribution in [2.24, 2.45) is 0 Å². The summed E-state index contributed by atoms with van der Waals surface area (Å²) in [6, 6.07) is 16.5. The Kier molecular flexibility index (Phi) is 4.63. The third-order valence-electron chi connectivity index (χ3n) is 2.54. The molecule has 0 aliphatic rings. The van der Waals surface area contributed by atoms with Crippen LogP contribution in [0, 0.1) is 0 Å². The predicted octanol–water partition coefficient (Wildman–Crippen LogP) is 4.87. The van der Waals surface area contributed by atoms with Crippen molar-refractivity contribution in [2.45, 2.75) is 6.42 Å². The summed E-state index contributed by atoms with van der Waals surface area (Å²) in [4.78, 5) is 0. The fourth-order valence-electron chi connectivity index (χ4n) is 1.64. The molecule has 0 radical (unpaired) electrons. The number of halogens is 2. The molecule has 0 amide bonds. The molecule has 2 aromatic carbocycles. The van der Waals surface area contributed by atoms with Crippen LogP contribution >= 0.6 is 31.9 Å². The lowest BCUT2D eigenvalue weighted by molar-refractivity contribution is 1.01. The first-order valence-electron chi connectivity index (χ1n) is 5.49. The Morgan fingerprint density at radius 3 is 2.18 bits per heavy atom. The van der Waals surface area contributed by atoms with Crippen LogP contribution in [-0.2, 0) is 6.42 Å². The number of benzene rings is 2. The molecule has 0 aliphatic heterocycles. The number of hydrogen-bond acceptors (Lipinski definition) is 1. The van der Waals surface area contributed by atoms with Gasteiger partial charge in [-0.1, -0.05) is 46.3 Å². The summed E-state index contributed by atoms with van der Waals surface area (Å²) < 4.78 is 2.28. The van der Waals surface area contributed by atoms with Gasteiger partial charge in [0, 0.05) is 21.2 Å². The maximum absolute atomic E-state index is 3.56. The van der Waals surface area contributed by atoms with Crippen LogP contribution in [0.3, 0.4) is 0 Å². The first-order valence-corrected chi connectivity index (χ1v) is 7.08. The number of nitrogens with one attached hydrogen (secondary N) is 1. The van der Waals surface area contributed by atoms with Gasteiger partial charge in [-0.2, -0.15) is 0 Å².